The van der Waals surface area contributed by atoms with Crippen molar-refractivity contribution < 1.29 is 5.11 Å². The van der Waals surface area contributed by atoms with Gasteiger partial charge in [0, 0.05) is 18.3 Å². The average Bonchev–Trinajstić information content (AvgIpc) is 2.82. The van der Waals surface area contributed by atoms with Gasteiger partial charge in [-0.05, 0) is 23.8 Å². The highest BCUT2D eigenvalue weighted by Gasteiger charge is 2.08. The van der Waals surface area contributed by atoms with E-state index in [9.17, 15) is 5.11 Å². The average molecular weight is 239 g/mol. The van der Waals surface area contributed by atoms with Crippen molar-refractivity contribution in [1.82, 2.24) is 9.38 Å². The number of phenols is 1. The lowest BCUT2D eigenvalue weighted by molar-refractivity contribution is 0.475. The Kier molecular flexibility index (Phi) is 2.50. The first-order chi connectivity index (χ1) is 8.79. The maximum absolute atomic E-state index is 9.53. The van der Waals surface area contributed by atoms with Gasteiger partial charge in [-0.15, -0.1) is 0 Å². The number of rotatable bonds is 2. The lowest BCUT2D eigenvalue weighted by Gasteiger charge is -2.04. The third-order valence-corrected chi connectivity index (χ3v) is 2.98. The first-order valence-corrected chi connectivity index (χ1v) is 5.74. The van der Waals surface area contributed by atoms with Crippen LogP contribution in [0.15, 0.2) is 48.8 Å². The summed E-state index contributed by atoms with van der Waals surface area (Å²) in [5, 5.41) is 9.53. The molecule has 0 spiro atoms. The van der Waals surface area contributed by atoms with Gasteiger partial charge in [-0.2, -0.15) is 0 Å². The minimum absolute atomic E-state index is 0.235. The summed E-state index contributed by atoms with van der Waals surface area (Å²) in [6, 6.07) is 11.0. The molecule has 1 aromatic carbocycles. The number of pyridine rings is 1. The van der Waals surface area contributed by atoms with Gasteiger partial charge < -0.3 is 10.8 Å². The third-order valence-electron chi connectivity index (χ3n) is 2.98. The number of aromatic hydroxyl groups is 1. The predicted molar refractivity (Wildman–Crippen MR) is 70.2 cm³/mol. The molecule has 4 heteroatoms. The van der Waals surface area contributed by atoms with Crippen molar-refractivity contribution in [1.29, 1.82) is 0 Å². The molecule has 0 aliphatic carbocycles. The standard InChI is InChI=1S/C14H13N3O/c15-8-11-4-2-6-17-13(11)9-16-14(17)10-3-1-5-12(18)7-10/h1-7,9,18H,8,15H2. The SMILES string of the molecule is NCc1cccn2c(-c3cccc(O)c3)ncc12. The van der Waals surface area contributed by atoms with E-state index in [0.29, 0.717) is 6.54 Å². The van der Waals surface area contributed by atoms with Gasteiger partial charge in [-0.1, -0.05) is 18.2 Å². The number of nitrogens with zero attached hydrogens (tertiary/aromatic N) is 2. The fourth-order valence-electron chi connectivity index (χ4n) is 2.11. The monoisotopic (exact) mass is 239 g/mol. The summed E-state index contributed by atoms with van der Waals surface area (Å²) < 4.78 is 1.98. The summed E-state index contributed by atoms with van der Waals surface area (Å²) in [4.78, 5) is 4.41. The van der Waals surface area contributed by atoms with E-state index in [0.717, 1.165) is 22.5 Å². The second-order valence-electron chi connectivity index (χ2n) is 4.12. The zero-order chi connectivity index (χ0) is 12.5. The molecule has 2 heterocycles. The number of hydrogen-bond acceptors (Lipinski definition) is 3. The Balaban J connectivity index is 2.25. The van der Waals surface area contributed by atoms with Crippen LogP contribution < -0.4 is 5.73 Å². The fourth-order valence-corrected chi connectivity index (χ4v) is 2.11. The fraction of sp³-hybridized carbons (Fsp3) is 0.0714. The number of phenolic OH excluding ortho intramolecular Hbond substituents is 1. The molecule has 0 unspecified atom stereocenters. The molecule has 4 nitrogen and oxygen atoms in total. The highest BCUT2D eigenvalue weighted by atomic mass is 16.3. The Labute approximate surface area is 104 Å². The smallest absolute Gasteiger partial charge is 0.144 e. The van der Waals surface area contributed by atoms with Crippen molar-refractivity contribution in [2.45, 2.75) is 6.54 Å². The Morgan fingerprint density at radius 3 is 2.89 bits per heavy atom. The second-order valence-corrected chi connectivity index (χ2v) is 4.12. The molecule has 0 atom stereocenters. The molecule has 0 saturated carbocycles. The molecule has 18 heavy (non-hydrogen) atoms. The maximum Gasteiger partial charge on any atom is 0.144 e. The van der Waals surface area contributed by atoms with Crippen molar-refractivity contribution in [2.24, 2.45) is 5.73 Å². The molecule has 0 saturated heterocycles. The Hall–Kier alpha value is -2.33. The molecule has 0 amide bonds. The van der Waals surface area contributed by atoms with E-state index >= 15 is 0 Å². The lowest BCUT2D eigenvalue weighted by atomic mass is 10.2. The van der Waals surface area contributed by atoms with E-state index in [-0.39, 0.29) is 5.75 Å². The van der Waals surface area contributed by atoms with Crippen LogP contribution in [0.3, 0.4) is 0 Å². The molecular formula is C14H13N3O. The van der Waals surface area contributed by atoms with Gasteiger partial charge in [0.15, 0.2) is 0 Å². The van der Waals surface area contributed by atoms with Crippen LogP contribution in [0.2, 0.25) is 0 Å². The molecule has 2 aromatic heterocycles. The van der Waals surface area contributed by atoms with Gasteiger partial charge in [0.1, 0.15) is 11.6 Å². The Bertz CT molecular complexity index is 703. The summed E-state index contributed by atoms with van der Waals surface area (Å²) in [6.07, 6.45) is 3.75. The highest BCUT2D eigenvalue weighted by Crippen LogP contribution is 2.24. The number of benzene rings is 1. The second kappa shape index (κ2) is 4.16. The van der Waals surface area contributed by atoms with E-state index in [2.05, 4.69) is 4.98 Å². The lowest BCUT2D eigenvalue weighted by Crippen LogP contribution is -1.99. The van der Waals surface area contributed by atoms with Crippen LogP contribution in [-0.2, 0) is 6.54 Å². The topological polar surface area (TPSA) is 63.5 Å². The molecule has 3 aromatic rings. The zero-order valence-electron chi connectivity index (χ0n) is 9.74. The Morgan fingerprint density at radius 2 is 2.11 bits per heavy atom. The number of fused-ring (bicyclic) bond motifs is 1. The van der Waals surface area contributed by atoms with Crippen molar-refractivity contribution in [3.63, 3.8) is 0 Å². The van der Waals surface area contributed by atoms with Crippen molar-refractivity contribution >= 4 is 5.52 Å². The van der Waals surface area contributed by atoms with Crippen molar-refractivity contribution in [3.05, 3.63) is 54.4 Å². The quantitative estimate of drug-likeness (QED) is 0.720. The first-order valence-electron chi connectivity index (χ1n) is 5.74. The molecule has 90 valence electrons. The summed E-state index contributed by atoms with van der Waals surface area (Å²) in [6.45, 7) is 0.482. The van der Waals surface area contributed by atoms with Gasteiger partial charge in [-0.3, -0.25) is 4.40 Å². The number of nitrogens with two attached hydrogens (primary N) is 1. The summed E-state index contributed by atoms with van der Waals surface area (Å²) in [5.74, 6) is 1.04. The molecular weight excluding hydrogens is 226 g/mol. The van der Waals surface area contributed by atoms with Gasteiger partial charge in [0.05, 0.1) is 11.7 Å². The van der Waals surface area contributed by atoms with Crippen LogP contribution >= 0.6 is 0 Å². The van der Waals surface area contributed by atoms with Crippen molar-refractivity contribution in [2.75, 3.05) is 0 Å². The van der Waals surface area contributed by atoms with Gasteiger partial charge in [0.25, 0.3) is 0 Å². The van der Waals surface area contributed by atoms with Crippen LogP contribution in [-0.4, -0.2) is 14.5 Å². The predicted octanol–water partition coefficient (Wildman–Crippen LogP) is 2.17. The van der Waals surface area contributed by atoms with Gasteiger partial charge >= 0.3 is 0 Å². The molecule has 3 rings (SSSR count). The van der Waals surface area contributed by atoms with E-state index in [1.807, 2.05) is 35.0 Å². The number of imidazole rings is 1. The molecule has 3 N–H and O–H groups in total. The zero-order valence-corrected chi connectivity index (χ0v) is 9.74. The summed E-state index contributed by atoms with van der Waals surface area (Å²) in [5.41, 5.74) is 8.64. The van der Waals surface area contributed by atoms with Crippen LogP contribution in [0.4, 0.5) is 0 Å². The minimum Gasteiger partial charge on any atom is -0.508 e. The van der Waals surface area contributed by atoms with Crippen LogP contribution in [0, 0.1) is 0 Å². The Morgan fingerprint density at radius 1 is 1.22 bits per heavy atom. The van der Waals surface area contributed by atoms with E-state index in [1.54, 1.807) is 18.2 Å². The number of aromatic nitrogens is 2. The molecule has 0 fully saturated rings. The normalized spacial score (nSPS) is 10.9. The van der Waals surface area contributed by atoms with Crippen LogP contribution in [0.25, 0.3) is 16.9 Å². The number of hydrogen-bond donors (Lipinski definition) is 2. The minimum atomic E-state index is 0.235. The van der Waals surface area contributed by atoms with E-state index in [4.69, 9.17) is 5.73 Å². The summed E-state index contributed by atoms with van der Waals surface area (Å²) in [7, 11) is 0. The largest absolute Gasteiger partial charge is 0.508 e. The third kappa shape index (κ3) is 1.63. The summed E-state index contributed by atoms with van der Waals surface area (Å²) >= 11 is 0. The molecule has 0 bridgehead atoms. The molecule has 0 aliphatic rings. The molecule has 0 radical (unpaired) electrons. The van der Waals surface area contributed by atoms with Gasteiger partial charge in [0.2, 0.25) is 0 Å². The first kappa shape index (κ1) is 10.8. The van der Waals surface area contributed by atoms with E-state index < -0.39 is 0 Å². The van der Waals surface area contributed by atoms with Crippen molar-refractivity contribution in [3.8, 4) is 17.1 Å². The van der Waals surface area contributed by atoms with Gasteiger partial charge in [-0.25, -0.2) is 4.98 Å². The van der Waals surface area contributed by atoms with Crippen LogP contribution in [0.1, 0.15) is 5.56 Å². The maximum atomic E-state index is 9.53. The highest BCUT2D eigenvalue weighted by molar-refractivity contribution is 5.65. The van der Waals surface area contributed by atoms with E-state index in [1.165, 1.54) is 0 Å². The molecule has 0 aliphatic heterocycles. The van der Waals surface area contributed by atoms with Crippen LogP contribution in [0.5, 0.6) is 5.75 Å².